The van der Waals surface area contributed by atoms with Crippen LogP contribution in [0.5, 0.6) is 0 Å². The van der Waals surface area contributed by atoms with E-state index in [0.717, 1.165) is 5.56 Å². The van der Waals surface area contributed by atoms with Crippen molar-refractivity contribution in [2.75, 3.05) is 5.75 Å². The van der Waals surface area contributed by atoms with Crippen LogP contribution in [0.1, 0.15) is 31.9 Å². The lowest BCUT2D eigenvalue weighted by Gasteiger charge is -2.19. The molecule has 110 valence electrons. The van der Waals surface area contributed by atoms with Crippen molar-refractivity contribution in [3.63, 3.8) is 0 Å². The summed E-state index contributed by atoms with van der Waals surface area (Å²) < 4.78 is 0. The van der Waals surface area contributed by atoms with Crippen molar-refractivity contribution < 1.29 is 5.21 Å². The van der Waals surface area contributed by atoms with Crippen LogP contribution in [0.25, 0.3) is 0 Å². The largest absolute Gasteiger partial charge is 0.411 e. The molecule has 3 heteroatoms. The van der Waals surface area contributed by atoms with Crippen LogP contribution in [0.3, 0.4) is 0 Å². The van der Waals surface area contributed by atoms with Crippen molar-refractivity contribution in [3.05, 3.63) is 65.7 Å². The maximum atomic E-state index is 9.33. The third-order valence-corrected chi connectivity index (χ3v) is 4.32. The minimum absolute atomic E-state index is 0.0865. The number of oxime groups is 1. The smallest absolute Gasteiger partial charge is 0.0970 e. The molecule has 2 nitrogen and oxygen atoms in total. The number of thioether (sulfide) groups is 1. The first-order valence-corrected chi connectivity index (χ1v) is 7.99. The van der Waals surface area contributed by atoms with Crippen LogP contribution in [0.2, 0.25) is 0 Å². The summed E-state index contributed by atoms with van der Waals surface area (Å²) in [5, 5.41) is 12.8. The van der Waals surface area contributed by atoms with Gasteiger partial charge in [0.2, 0.25) is 0 Å². The Kier molecular flexibility index (Phi) is 5.07. The highest BCUT2D eigenvalue weighted by Gasteiger charge is 2.15. The summed E-state index contributed by atoms with van der Waals surface area (Å²) in [5.41, 5.74) is 3.01. The normalized spacial score (nSPS) is 12.4. The minimum Gasteiger partial charge on any atom is -0.411 e. The van der Waals surface area contributed by atoms with Crippen LogP contribution >= 0.6 is 11.8 Å². The molecule has 1 N–H and O–H groups in total. The van der Waals surface area contributed by atoms with Crippen molar-refractivity contribution in [2.24, 2.45) is 5.16 Å². The van der Waals surface area contributed by atoms with Crippen LogP contribution in [-0.4, -0.2) is 16.7 Å². The Balaban J connectivity index is 2.15. The summed E-state index contributed by atoms with van der Waals surface area (Å²) >= 11 is 1.67. The molecule has 0 radical (unpaired) electrons. The van der Waals surface area contributed by atoms with Crippen LogP contribution < -0.4 is 0 Å². The van der Waals surface area contributed by atoms with Gasteiger partial charge < -0.3 is 5.21 Å². The Bertz CT molecular complexity index is 615. The average molecular weight is 299 g/mol. The monoisotopic (exact) mass is 299 g/mol. The second kappa shape index (κ2) is 6.81. The molecule has 2 rings (SSSR count). The van der Waals surface area contributed by atoms with E-state index in [0.29, 0.717) is 11.5 Å². The van der Waals surface area contributed by atoms with Crippen molar-refractivity contribution in [1.29, 1.82) is 0 Å². The Morgan fingerprint density at radius 2 is 1.76 bits per heavy atom. The van der Waals surface area contributed by atoms with Gasteiger partial charge in [-0.2, -0.15) is 0 Å². The van der Waals surface area contributed by atoms with E-state index in [-0.39, 0.29) is 5.41 Å². The second-order valence-electron chi connectivity index (χ2n) is 5.98. The van der Waals surface area contributed by atoms with E-state index in [4.69, 9.17) is 0 Å². The number of rotatable bonds is 4. The SMILES string of the molecule is CC(C)(C)c1cccc(/C(CSc2ccccc2)=N/O)c1. The first-order chi connectivity index (χ1) is 10.0. The predicted octanol–water partition coefficient (Wildman–Crippen LogP) is 4.95. The summed E-state index contributed by atoms with van der Waals surface area (Å²) in [6.45, 7) is 6.54. The summed E-state index contributed by atoms with van der Waals surface area (Å²) in [7, 11) is 0. The molecule has 21 heavy (non-hydrogen) atoms. The second-order valence-corrected chi connectivity index (χ2v) is 7.03. The molecule has 0 amide bonds. The molecule has 0 aliphatic heterocycles. The van der Waals surface area contributed by atoms with Crippen LogP contribution in [0, 0.1) is 0 Å². The van der Waals surface area contributed by atoms with Gasteiger partial charge in [-0.05, 0) is 29.2 Å². The van der Waals surface area contributed by atoms with E-state index >= 15 is 0 Å². The summed E-state index contributed by atoms with van der Waals surface area (Å²) in [4.78, 5) is 1.17. The van der Waals surface area contributed by atoms with Crippen LogP contribution in [0.4, 0.5) is 0 Å². The van der Waals surface area contributed by atoms with Gasteiger partial charge in [0.05, 0.1) is 5.71 Å². The van der Waals surface area contributed by atoms with Crippen molar-refractivity contribution in [1.82, 2.24) is 0 Å². The molecule has 0 saturated carbocycles. The van der Waals surface area contributed by atoms with Gasteiger partial charge in [-0.1, -0.05) is 62.3 Å². The lowest BCUT2D eigenvalue weighted by molar-refractivity contribution is 0.319. The van der Waals surface area contributed by atoms with Crippen molar-refractivity contribution in [2.45, 2.75) is 31.1 Å². The van der Waals surface area contributed by atoms with Crippen LogP contribution in [0.15, 0.2) is 64.6 Å². The van der Waals surface area contributed by atoms with Gasteiger partial charge in [-0.3, -0.25) is 0 Å². The van der Waals surface area contributed by atoms with E-state index in [9.17, 15) is 5.21 Å². The van der Waals surface area contributed by atoms with Gasteiger partial charge in [-0.15, -0.1) is 11.8 Å². The third kappa shape index (κ3) is 4.36. The molecular weight excluding hydrogens is 278 g/mol. The summed E-state index contributed by atoms with van der Waals surface area (Å²) in [6, 6.07) is 18.4. The van der Waals surface area contributed by atoms with Gasteiger partial charge in [0.1, 0.15) is 0 Å². The van der Waals surface area contributed by atoms with Gasteiger partial charge in [0, 0.05) is 16.2 Å². The third-order valence-electron chi connectivity index (χ3n) is 3.30. The Morgan fingerprint density at radius 3 is 2.38 bits per heavy atom. The van der Waals surface area contributed by atoms with E-state index in [1.807, 2.05) is 30.3 Å². The maximum Gasteiger partial charge on any atom is 0.0970 e. The van der Waals surface area contributed by atoms with Crippen molar-refractivity contribution >= 4 is 17.5 Å². The topological polar surface area (TPSA) is 32.6 Å². The van der Waals surface area contributed by atoms with Crippen LogP contribution in [-0.2, 0) is 5.41 Å². The molecule has 2 aromatic rings. The van der Waals surface area contributed by atoms with Gasteiger partial charge in [0.25, 0.3) is 0 Å². The molecule has 0 unspecified atom stereocenters. The summed E-state index contributed by atoms with van der Waals surface area (Å²) in [5.74, 6) is 0.647. The number of hydrogen-bond donors (Lipinski definition) is 1. The quantitative estimate of drug-likeness (QED) is 0.375. The molecule has 0 aliphatic carbocycles. The number of nitrogens with zero attached hydrogens (tertiary/aromatic N) is 1. The van der Waals surface area contributed by atoms with Gasteiger partial charge in [0.15, 0.2) is 0 Å². The molecule has 0 atom stereocenters. The van der Waals surface area contributed by atoms with E-state index in [1.165, 1.54) is 10.5 Å². The highest BCUT2D eigenvalue weighted by atomic mass is 32.2. The highest BCUT2D eigenvalue weighted by Crippen LogP contribution is 2.24. The molecule has 2 aromatic carbocycles. The molecule has 0 spiro atoms. The molecule has 0 bridgehead atoms. The van der Waals surface area contributed by atoms with E-state index in [1.54, 1.807) is 11.8 Å². The fourth-order valence-electron chi connectivity index (χ4n) is 2.00. The Labute approximate surface area is 130 Å². The molecule has 0 aromatic heterocycles. The summed E-state index contributed by atoms with van der Waals surface area (Å²) in [6.07, 6.45) is 0. The minimum atomic E-state index is 0.0865. The fourth-order valence-corrected chi connectivity index (χ4v) is 2.88. The highest BCUT2D eigenvalue weighted by molar-refractivity contribution is 8.00. The van der Waals surface area contributed by atoms with E-state index in [2.05, 4.69) is 50.2 Å². The number of benzene rings is 2. The maximum absolute atomic E-state index is 9.33. The van der Waals surface area contributed by atoms with E-state index < -0.39 is 0 Å². The molecule has 0 saturated heterocycles. The van der Waals surface area contributed by atoms with Crippen molar-refractivity contribution in [3.8, 4) is 0 Å². The molecule has 0 heterocycles. The lowest BCUT2D eigenvalue weighted by Crippen LogP contribution is -2.13. The Morgan fingerprint density at radius 1 is 1.05 bits per heavy atom. The molecule has 0 fully saturated rings. The Hall–Kier alpha value is -1.74. The van der Waals surface area contributed by atoms with Gasteiger partial charge >= 0.3 is 0 Å². The standard InChI is InChI=1S/C18H21NOS/c1-18(2,3)15-9-7-8-14(12-15)17(19-20)13-21-16-10-5-4-6-11-16/h4-12,20H,13H2,1-3H3/b19-17+. The predicted molar refractivity (Wildman–Crippen MR) is 90.6 cm³/mol. The van der Waals surface area contributed by atoms with Gasteiger partial charge in [-0.25, -0.2) is 0 Å². The lowest BCUT2D eigenvalue weighted by atomic mass is 9.86. The fraction of sp³-hybridized carbons (Fsp3) is 0.278. The zero-order valence-corrected chi connectivity index (χ0v) is 13.5. The molecular formula is C18H21NOS. The first kappa shape index (κ1) is 15.6. The zero-order valence-electron chi connectivity index (χ0n) is 12.7. The first-order valence-electron chi connectivity index (χ1n) is 7.00. The average Bonchev–Trinajstić information content (AvgIpc) is 2.48. The number of hydrogen-bond acceptors (Lipinski definition) is 3. The zero-order chi connectivity index (χ0) is 15.3. The molecule has 0 aliphatic rings.